The average Bonchev–Trinajstić information content (AvgIpc) is 2.18. The number of rotatable bonds is 1. The van der Waals surface area contributed by atoms with Gasteiger partial charge < -0.3 is 5.73 Å². The van der Waals surface area contributed by atoms with E-state index in [1.807, 2.05) is 24.4 Å². The second kappa shape index (κ2) is 3.73. The third-order valence-electron chi connectivity index (χ3n) is 2.24. The fourth-order valence-corrected chi connectivity index (χ4v) is 1.60. The minimum Gasteiger partial charge on any atom is -0.398 e. The summed E-state index contributed by atoms with van der Waals surface area (Å²) in [5.74, 6) is 0. The topological polar surface area (TPSA) is 38.9 Å². The zero-order valence-electron chi connectivity index (χ0n) is 8.99. The third kappa shape index (κ3) is 1.99. The van der Waals surface area contributed by atoms with Crippen molar-refractivity contribution in [2.45, 2.75) is 13.8 Å². The Morgan fingerprint density at radius 2 is 2.13 bits per heavy atom. The van der Waals surface area contributed by atoms with Crippen molar-refractivity contribution in [3.8, 4) is 0 Å². The van der Waals surface area contributed by atoms with Crippen molar-refractivity contribution in [2.75, 3.05) is 5.73 Å². The summed E-state index contributed by atoms with van der Waals surface area (Å²) in [6.45, 7) is 4.14. The van der Waals surface area contributed by atoms with E-state index in [1.54, 1.807) is 0 Å². The summed E-state index contributed by atoms with van der Waals surface area (Å²) in [4.78, 5) is 4.37. The van der Waals surface area contributed by atoms with Crippen LogP contribution in [-0.4, -0.2) is 4.98 Å². The highest BCUT2D eigenvalue weighted by Gasteiger charge is 1.98. The maximum absolute atomic E-state index is 5.90. The molecule has 0 saturated heterocycles. The van der Waals surface area contributed by atoms with Crippen LogP contribution in [0.2, 0.25) is 0 Å². The summed E-state index contributed by atoms with van der Waals surface area (Å²) in [5, 5.41) is 1.02. The zero-order chi connectivity index (χ0) is 10.8. The predicted octanol–water partition coefficient (Wildman–Crippen LogP) is 3.24. The van der Waals surface area contributed by atoms with Crippen LogP contribution in [0.25, 0.3) is 17.0 Å². The summed E-state index contributed by atoms with van der Waals surface area (Å²) >= 11 is 0. The summed E-state index contributed by atoms with van der Waals surface area (Å²) in [7, 11) is 0. The van der Waals surface area contributed by atoms with Gasteiger partial charge in [0.1, 0.15) is 0 Å². The minimum absolute atomic E-state index is 0.781. The number of nitrogens with zero attached hydrogens (tertiary/aromatic N) is 1. The standard InChI is InChI=1S/C13H14N2/c1-9(2)6-10-7-11-12(14)4-3-5-13(11)15-8-10/h3-8H,14H2,1-2H3. The molecule has 15 heavy (non-hydrogen) atoms. The van der Waals surface area contributed by atoms with E-state index >= 15 is 0 Å². The number of fused-ring (bicyclic) bond motifs is 1. The lowest BCUT2D eigenvalue weighted by molar-refractivity contribution is 1.37. The molecular weight excluding hydrogens is 184 g/mol. The van der Waals surface area contributed by atoms with Gasteiger partial charge in [-0.25, -0.2) is 0 Å². The molecule has 1 aromatic carbocycles. The van der Waals surface area contributed by atoms with E-state index in [1.165, 1.54) is 5.57 Å². The van der Waals surface area contributed by atoms with Crippen molar-refractivity contribution in [3.05, 3.63) is 41.6 Å². The van der Waals surface area contributed by atoms with Crippen molar-refractivity contribution in [2.24, 2.45) is 0 Å². The molecule has 0 aliphatic heterocycles. The van der Waals surface area contributed by atoms with Gasteiger partial charge in [0.15, 0.2) is 0 Å². The molecule has 1 aromatic heterocycles. The Morgan fingerprint density at radius 3 is 2.87 bits per heavy atom. The number of allylic oxidation sites excluding steroid dienone is 1. The first-order chi connectivity index (χ1) is 7.16. The summed E-state index contributed by atoms with van der Waals surface area (Å²) in [6, 6.07) is 7.87. The first kappa shape index (κ1) is 9.71. The van der Waals surface area contributed by atoms with E-state index in [9.17, 15) is 0 Å². The molecule has 0 atom stereocenters. The third-order valence-corrected chi connectivity index (χ3v) is 2.24. The molecule has 2 aromatic rings. The molecule has 0 spiro atoms. The van der Waals surface area contributed by atoms with Crippen LogP contribution in [-0.2, 0) is 0 Å². The van der Waals surface area contributed by atoms with Crippen LogP contribution >= 0.6 is 0 Å². The number of hydrogen-bond acceptors (Lipinski definition) is 2. The number of nitrogen functional groups attached to an aromatic ring is 1. The Labute approximate surface area is 89.4 Å². The second-order valence-corrected chi connectivity index (χ2v) is 3.90. The van der Waals surface area contributed by atoms with Gasteiger partial charge >= 0.3 is 0 Å². The molecule has 2 heteroatoms. The van der Waals surface area contributed by atoms with Gasteiger partial charge in [0, 0.05) is 17.3 Å². The number of benzene rings is 1. The number of hydrogen-bond donors (Lipinski definition) is 1. The SMILES string of the molecule is CC(C)=Cc1cnc2cccc(N)c2c1. The Kier molecular flexibility index (Phi) is 2.42. The molecule has 76 valence electrons. The number of nitrogens with two attached hydrogens (primary N) is 1. The van der Waals surface area contributed by atoms with Gasteiger partial charge in [-0.2, -0.15) is 0 Å². The highest BCUT2D eigenvalue weighted by atomic mass is 14.7. The zero-order valence-corrected chi connectivity index (χ0v) is 8.99. The van der Waals surface area contributed by atoms with Gasteiger partial charge in [0.25, 0.3) is 0 Å². The minimum atomic E-state index is 0.781. The lowest BCUT2D eigenvalue weighted by Gasteiger charge is -2.02. The maximum Gasteiger partial charge on any atom is 0.0723 e. The van der Waals surface area contributed by atoms with Crippen molar-refractivity contribution in [1.29, 1.82) is 0 Å². The molecule has 0 amide bonds. The molecule has 0 aliphatic carbocycles. The summed E-state index contributed by atoms with van der Waals surface area (Å²) in [6.07, 6.45) is 3.97. The van der Waals surface area contributed by atoms with Crippen molar-refractivity contribution >= 4 is 22.7 Å². The predicted molar refractivity (Wildman–Crippen MR) is 65.5 cm³/mol. The average molecular weight is 198 g/mol. The number of aromatic nitrogens is 1. The molecule has 0 aliphatic rings. The van der Waals surface area contributed by atoms with E-state index in [-0.39, 0.29) is 0 Å². The smallest absolute Gasteiger partial charge is 0.0723 e. The molecule has 0 saturated carbocycles. The largest absolute Gasteiger partial charge is 0.398 e. The highest BCUT2D eigenvalue weighted by molar-refractivity contribution is 5.91. The van der Waals surface area contributed by atoms with Gasteiger partial charge in [-0.05, 0) is 37.6 Å². The summed E-state index contributed by atoms with van der Waals surface area (Å²) in [5.41, 5.74) is 9.97. The quantitative estimate of drug-likeness (QED) is 0.714. The van der Waals surface area contributed by atoms with Crippen LogP contribution in [0.1, 0.15) is 19.4 Å². The first-order valence-electron chi connectivity index (χ1n) is 4.96. The van der Waals surface area contributed by atoms with Gasteiger partial charge in [-0.1, -0.05) is 17.7 Å². The van der Waals surface area contributed by atoms with Crippen molar-refractivity contribution < 1.29 is 0 Å². The molecule has 0 radical (unpaired) electrons. The Bertz CT molecular complexity index is 523. The van der Waals surface area contributed by atoms with Crippen molar-refractivity contribution in [1.82, 2.24) is 4.98 Å². The second-order valence-electron chi connectivity index (χ2n) is 3.90. The molecule has 0 bridgehead atoms. The Hall–Kier alpha value is -1.83. The fourth-order valence-electron chi connectivity index (χ4n) is 1.60. The Morgan fingerprint density at radius 1 is 1.33 bits per heavy atom. The summed E-state index contributed by atoms with van der Waals surface area (Å²) < 4.78 is 0. The molecule has 2 rings (SSSR count). The van der Waals surface area contributed by atoms with Gasteiger partial charge in [0.05, 0.1) is 5.52 Å². The molecule has 2 nitrogen and oxygen atoms in total. The van der Waals surface area contributed by atoms with E-state index < -0.39 is 0 Å². The van der Waals surface area contributed by atoms with Crippen LogP contribution in [0, 0.1) is 0 Å². The maximum atomic E-state index is 5.90. The van der Waals surface area contributed by atoms with E-state index in [0.717, 1.165) is 22.2 Å². The van der Waals surface area contributed by atoms with Crippen LogP contribution in [0.5, 0.6) is 0 Å². The molecular formula is C13H14N2. The van der Waals surface area contributed by atoms with E-state index in [0.29, 0.717) is 0 Å². The number of anilines is 1. The fraction of sp³-hybridized carbons (Fsp3) is 0.154. The molecule has 1 heterocycles. The van der Waals surface area contributed by atoms with Gasteiger partial charge in [-0.15, -0.1) is 0 Å². The molecule has 0 fully saturated rings. The molecule has 0 unspecified atom stereocenters. The monoisotopic (exact) mass is 198 g/mol. The van der Waals surface area contributed by atoms with Crippen molar-refractivity contribution in [3.63, 3.8) is 0 Å². The van der Waals surface area contributed by atoms with Gasteiger partial charge in [-0.3, -0.25) is 4.98 Å². The lowest BCUT2D eigenvalue weighted by Crippen LogP contribution is -1.89. The van der Waals surface area contributed by atoms with E-state index in [4.69, 9.17) is 5.73 Å². The van der Waals surface area contributed by atoms with Crippen LogP contribution in [0.4, 0.5) is 5.69 Å². The highest BCUT2D eigenvalue weighted by Crippen LogP contribution is 2.20. The van der Waals surface area contributed by atoms with E-state index in [2.05, 4.69) is 31.0 Å². The van der Waals surface area contributed by atoms with Crippen LogP contribution in [0.3, 0.4) is 0 Å². The number of pyridine rings is 1. The van der Waals surface area contributed by atoms with Crippen LogP contribution < -0.4 is 5.73 Å². The normalized spacial score (nSPS) is 10.3. The van der Waals surface area contributed by atoms with Gasteiger partial charge in [0.2, 0.25) is 0 Å². The van der Waals surface area contributed by atoms with Crippen LogP contribution in [0.15, 0.2) is 36.0 Å². The lowest BCUT2D eigenvalue weighted by atomic mass is 10.1. The molecule has 2 N–H and O–H groups in total. The Balaban J connectivity index is 2.65. The first-order valence-corrected chi connectivity index (χ1v) is 4.96.